The van der Waals surface area contributed by atoms with Crippen molar-refractivity contribution in [3.05, 3.63) is 54.5 Å². The van der Waals surface area contributed by atoms with Gasteiger partial charge in [0.15, 0.2) is 9.84 Å². The van der Waals surface area contributed by atoms with Gasteiger partial charge >= 0.3 is 11.8 Å². The van der Waals surface area contributed by atoms with Crippen molar-refractivity contribution in [3.8, 4) is 0 Å². The van der Waals surface area contributed by atoms with E-state index in [0.717, 1.165) is 38.5 Å². The van der Waals surface area contributed by atoms with Crippen LogP contribution in [0.1, 0.15) is 49.5 Å². The molecule has 0 spiro atoms. The molecule has 1 aliphatic rings. The molecule has 29 heavy (non-hydrogen) atoms. The molecule has 2 amide bonds. The molecule has 1 aliphatic carbocycles. The average molecular weight is 419 g/mol. The average Bonchev–Trinajstić information content (AvgIpc) is 3.12. The summed E-state index contributed by atoms with van der Waals surface area (Å²) in [6.07, 6.45) is 7.43. The summed E-state index contributed by atoms with van der Waals surface area (Å²) in [5.41, 5.74) is 0. The van der Waals surface area contributed by atoms with E-state index in [1.54, 1.807) is 30.3 Å². The zero-order chi connectivity index (χ0) is 20.7. The molecule has 2 aromatic rings. The lowest BCUT2D eigenvalue weighted by Crippen LogP contribution is -2.45. The van der Waals surface area contributed by atoms with E-state index >= 15 is 0 Å². The second kappa shape index (κ2) is 9.73. The number of furan rings is 1. The highest BCUT2D eigenvalue weighted by molar-refractivity contribution is 7.91. The van der Waals surface area contributed by atoms with Gasteiger partial charge in [0.1, 0.15) is 11.0 Å². The molecule has 8 heteroatoms. The van der Waals surface area contributed by atoms with Crippen LogP contribution in [0.2, 0.25) is 0 Å². The van der Waals surface area contributed by atoms with E-state index in [1.807, 2.05) is 0 Å². The largest absolute Gasteiger partial charge is 0.468 e. The van der Waals surface area contributed by atoms with Crippen LogP contribution in [0.4, 0.5) is 0 Å². The Bertz CT molecular complexity index is 902. The zero-order valence-electron chi connectivity index (χ0n) is 16.2. The minimum atomic E-state index is -3.82. The minimum Gasteiger partial charge on any atom is -0.468 e. The SMILES string of the molecule is O=C(NC[C@@H](c1ccco1)S(=O)(=O)c1ccccc1)C(=O)NC1CCCCCC1. The van der Waals surface area contributed by atoms with Crippen LogP contribution in [0.3, 0.4) is 0 Å². The van der Waals surface area contributed by atoms with Crippen molar-refractivity contribution in [1.29, 1.82) is 0 Å². The maximum absolute atomic E-state index is 13.1. The summed E-state index contributed by atoms with van der Waals surface area (Å²) >= 11 is 0. The lowest BCUT2D eigenvalue weighted by atomic mass is 10.1. The molecule has 0 bridgehead atoms. The fourth-order valence-electron chi connectivity index (χ4n) is 3.55. The Kier molecular flexibility index (Phi) is 7.09. The normalized spacial score (nSPS) is 16.6. The number of rotatable bonds is 6. The molecule has 3 rings (SSSR count). The lowest BCUT2D eigenvalue weighted by molar-refractivity contribution is -0.139. The Hall–Kier alpha value is -2.61. The quantitative estimate of drug-likeness (QED) is 0.554. The molecule has 1 saturated carbocycles. The Morgan fingerprint density at radius 3 is 2.28 bits per heavy atom. The fraction of sp³-hybridized carbons (Fsp3) is 0.429. The van der Waals surface area contributed by atoms with Gasteiger partial charge < -0.3 is 15.1 Å². The summed E-state index contributed by atoms with van der Waals surface area (Å²) in [5, 5.41) is 4.10. The molecule has 0 radical (unpaired) electrons. The van der Waals surface area contributed by atoms with Gasteiger partial charge in [-0.3, -0.25) is 9.59 Å². The van der Waals surface area contributed by atoms with Crippen molar-refractivity contribution in [3.63, 3.8) is 0 Å². The van der Waals surface area contributed by atoms with Crippen LogP contribution >= 0.6 is 0 Å². The highest BCUT2D eigenvalue weighted by atomic mass is 32.2. The van der Waals surface area contributed by atoms with E-state index in [-0.39, 0.29) is 23.2 Å². The maximum Gasteiger partial charge on any atom is 0.309 e. The van der Waals surface area contributed by atoms with Crippen LogP contribution in [-0.2, 0) is 19.4 Å². The first-order valence-electron chi connectivity index (χ1n) is 9.89. The Morgan fingerprint density at radius 2 is 1.66 bits per heavy atom. The molecule has 0 aliphatic heterocycles. The number of benzene rings is 1. The predicted molar refractivity (Wildman–Crippen MR) is 108 cm³/mol. The first-order chi connectivity index (χ1) is 14.0. The van der Waals surface area contributed by atoms with Crippen LogP contribution in [-0.4, -0.2) is 32.8 Å². The molecule has 156 valence electrons. The van der Waals surface area contributed by atoms with Crippen molar-refractivity contribution < 1.29 is 22.4 Å². The summed E-state index contributed by atoms with van der Waals surface area (Å²) in [7, 11) is -3.82. The number of amides is 2. The molecular formula is C21H26N2O5S. The molecule has 0 saturated heterocycles. The monoisotopic (exact) mass is 418 g/mol. The summed E-state index contributed by atoms with van der Waals surface area (Å²) in [6, 6.07) is 11.1. The molecule has 1 heterocycles. The third-order valence-electron chi connectivity index (χ3n) is 5.15. The van der Waals surface area contributed by atoms with Gasteiger partial charge in [0.25, 0.3) is 0 Å². The summed E-state index contributed by atoms with van der Waals surface area (Å²) in [4.78, 5) is 24.7. The van der Waals surface area contributed by atoms with Gasteiger partial charge in [0.05, 0.1) is 11.2 Å². The Balaban J connectivity index is 1.67. The van der Waals surface area contributed by atoms with Crippen molar-refractivity contribution in [2.45, 2.75) is 54.7 Å². The number of hydrogen-bond acceptors (Lipinski definition) is 5. The van der Waals surface area contributed by atoms with Crippen LogP contribution < -0.4 is 10.6 Å². The summed E-state index contributed by atoms with van der Waals surface area (Å²) < 4.78 is 31.4. The van der Waals surface area contributed by atoms with E-state index in [9.17, 15) is 18.0 Å². The fourth-order valence-corrected chi connectivity index (χ4v) is 5.16. The van der Waals surface area contributed by atoms with E-state index < -0.39 is 26.9 Å². The summed E-state index contributed by atoms with van der Waals surface area (Å²) in [6.45, 7) is -0.262. The highest BCUT2D eigenvalue weighted by Crippen LogP contribution is 2.28. The van der Waals surface area contributed by atoms with Crippen molar-refractivity contribution in [2.75, 3.05) is 6.54 Å². The second-order valence-electron chi connectivity index (χ2n) is 7.23. The molecule has 1 aromatic carbocycles. The van der Waals surface area contributed by atoms with Crippen molar-refractivity contribution >= 4 is 21.7 Å². The van der Waals surface area contributed by atoms with Crippen molar-refractivity contribution in [2.24, 2.45) is 0 Å². The molecule has 1 fully saturated rings. The number of sulfone groups is 1. The number of hydrogen-bond donors (Lipinski definition) is 2. The van der Waals surface area contributed by atoms with E-state index in [1.165, 1.54) is 18.4 Å². The van der Waals surface area contributed by atoms with Crippen molar-refractivity contribution in [1.82, 2.24) is 10.6 Å². The standard InChI is InChI=1S/C21H26N2O5S/c24-20(21(25)23-16-9-4-1-2-5-10-16)22-15-19(18-13-8-14-28-18)29(26,27)17-11-6-3-7-12-17/h3,6-8,11-14,16,19H,1-2,4-5,9-10,15H2,(H,22,24)(H,23,25)/t19-/m0/s1. The number of carbonyl (C=O) groups is 2. The van der Waals surface area contributed by atoms with Gasteiger partial charge in [0, 0.05) is 12.6 Å². The van der Waals surface area contributed by atoms with Crippen LogP contribution in [0.25, 0.3) is 0 Å². The number of carbonyl (C=O) groups excluding carboxylic acids is 2. The Labute approximate surface area is 170 Å². The van der Waals surface area contributed by atoms with E-state index in [4.69, 9.17) is 4.42 Å². The molecular weight excluding hydrogens is 392 g/mol. The van der Waals surface area contributed by atoms with Crippen LogP contribution in [0, 0.1) is 0 Å². The third kappa shape index (κ3) is 5.47. The van der Waals surface area contributed by atoms with Gasteiger partial charge in [0.2, 0.25) is 0 Å². The second-order valence-corrected chi connectivity index (χ2v) is 9.36. The van der Waals surface area contributed by atoms with E-state index in [0.29, 0.717) is 0 Å². The van der Waals surface area contributed by atoms with Gasteiger partial charge in [-0.2, -0.15) is 0 Å². The smallest absolute Gasteiger partial charge is 0.309 e. The topological polar surface area (TPSA) is 105 Å². The van der Waals surface area contributed by atoms with Gasteiger partial charge in [-0.15, -0.1) is 0 Å². The minimum absolute atomic E-state index is 0.00956. The molecule has 0 unspecified atom stereocenters. The Morgan fingerprint density at radius 1 is 0.966 bits per heavy atom. The van der Waals surface area contributed by atoms with Crippen LogP contribution in [0.15, 0.2) is 58.0 Å². The summed E-state index contributed by atoms with van der Waals surface area (Å²) in [5.74, 6) is -1.36. The molecule has 1 aromatic heterocycles. The van der Waals surface area contributed by atoms with Gasteiger partial charge in [-0.25, -0.2) is 8.42 Å². The molecule has 1 atom stereocenters. The number of nitrogens with one attached hydrogen (secondary N) is 2. The first kappa shape index (κ1) is 21.1. The highest BCUT2D eigenvalue weighted by Gasteiger charge is 2.32. The van der Waals surface area contributed by atoms with Gasteiger partial charge in [-0.05, 0) is 37.1 Å². The molecule has 7 nitrogen and oxygen atoms in total. The third-order valence-corrected chi connectivity index (χ3v) is 7.23. The van der Waals surface area contributed by atoms with E-state index in [2.05, 4.69) is 10.6 Å². The first-order valence-corrected chi connectivity index (χ1v) is 11.4. The zero-order valence-corrected chi connectivity index (χ0v) is 17.0. The van der Waals surface area contributed by atoms with Crippen LogP contribution in [0.5, 0.6) is 0 Å². The molecule has 2 N–H and O–H groups in total. The lowest BCUT2D eigenvalue weighted by Gasteiger charge is -2.18. The predicted octanol–water partition coefficient (Wildman–Crippen LogP) is 2.75. The maximum atomic E-state index is 13.1. The van der Waals surface area contributed by atoms with Gasteiger partial charge in [-0.1, -0.05) is 43.9 Å².